The summed E-state index contributed by atoms with van der Waals surface area (Å²) in [5.41, 5.74) is 0. The van der Waals surface area contributed by atoms with Crippen LogP contribution < -0.4 is 0 Å². The zero-order valence-corrected chi connectivity index (χ0v) is 29.3. The summed E-state index contributed by atoms with van der Waals surface area (Å²) in [6, 6.07) is 0. The van der Waals surface area contributed by atoms with Crippen molar-refractivity contribution in [1.82, 2.24) is 0 Å². The molecule has 0 bridgehead atoms. The van der Waals surface area contributed by atoms with Crippen LogP contribution in [0.5, 0.6) is 0 Å². The van der Waals surface area contributed by atoms with E-state index in [1.807, 2.05) is 0 Å². The van der Waals surface area contributed by atoms with Gasteiger partial charge in [-0.25, -0.2) is 0 Å². The third-order valence-corrected chi connectivity index (χ3v) is 11.4. The zero-order chi connectivity index (χ0) is 31.4. The molecule has 1 N–H and O–H groups in total. The monoisotopic (exact) mass is 617 g/mol. The molecule has 4 nitrogen and oxygen atoms in total. The van der Waals surface area contributed by atoms with Crippen LogP contribution in [0.3, 0.4) is 0 Å². The zero-order valence-electron chi connectivity index (χ0n) is 29.3. The van der Waals surface area contributed by atoms with E-state index in [4.69, 9.17) is 9.47 Å². The summed E-state index contributed by atoms with van der Waals surface area (Å²) in [4.78, 5) is 12.1. The number of aliphatic hydroxyl groups excluding tert-OH is 1. The molecule has 2 fully saturated rings. The van der Waals surface area contributed by atoms with Crippen molar-refractivity contribution in [3.63, 3.8) is 0 Å². The maximum absolute atomic E-state index is 12.1. The molecule has 0 spiro atoms. The summed E-state index contributed by atoms with van der Waals surface area (Å²) in [7, 11) is 0. The third kappa shape index (κ3) is 14.7. The van der Waals surface area contributed by atoms with Gasteiger partial charge in [-0.2, -0.15) is 0 Å². The predicted octanol–water partition coefficient (Wildman–Crippen LogP) is 10.8. The van der Waals surface area contributed by atoms with Crippen LogP contribution in [0.15, 0.2) is 12.2 Å². The van der Waals surface area contributed by atoms with E-state index in [0.29, 0.717) is 13.0 Å². The van der Waals surface area contributed by atoms with E-state index in [9.17, 15) is 9.90 Å². The predicted molar refractivity (Wildman–Crippen MR) is 185 cm³/mol. The SMILES string of the molecule is CC(C)CCCCC(C)CCCCCCCC(=O)OC[C@H](CO)OCCCCCCCCC1CCC2C3C=CCCC3C2C1. The summed E-state index contributed by atoms with van der Waals surface area (Å²) in [5.74, 6) is 6.59. The molecule has 7 atom stereocenters. The number of unbranched alkanes of at least 4 members (excludes halogenated alkanes) is 10. The van der Waals surface area contributed by atoms with Crippen molar-refractivity contribution in [3.8, 4) is 0 Å². The fraction of sp³-hybridized carbons (Fsp3) is 0.925. The van der Waals surface area contributed by atoms with Crippen molar-refractivity contribution in [1.29, 1.82) is 0 Å². The summed E-state index contributed by atoms with van der Waals surface area (Å²) in [6.07, 6.45) is 34.0. The van der Waals surface area contributed by atoms with Gasteiger partial charge in [0.05, 0.1) is 6.61 Å². The van der Waals surface area contributed by atoms with Gasteiger partial charge in [0.15, 0.2) is 0 Å². The third-order valence-electron chi connectivity index (χ3n) is 11.4. The molecule has 2 saturated carbocycles. The normalized spacial score (nSPS) is 25.7. The minimum Gasteiger partial charge on any atom is -0.463 e. The first kappa shape index (κ1) is 37.6. The Labute approximate surface area is 272 Å². The van der Waals surface area contributed by atoms with Gasteiger partial charge in [0.2, 0.25) is 0 Å². The quantitative estimate of drug-likeness (QED) is 0.0597. The highest BCUT2D eigenvalue weighted by Gasteiger charge is 2.50. The molecule has 44 heavy (non-hydrogen) atoms. The van der Waals surface area contributed by atoms with Crippen LogP contribution in [0, 0.1) is 41.4 Å². The molecule has 256 valence electrons. The van der Waals surface area contributed by atoms with E-state index >= 15 is 0 Å². The number of fused-ring (bicyclic) bond motifs is 4. The number of esters is 1. The second-order valence-electron chi connectivity index (χ2n) is 15.6. The molecule has 0 aromatic carbocycles. The van der Waals surface area contributed by atoms with E-state index < -0.39 is 6.10 Å². The first-order chi connectivity index (χ1) is 21.5. The lowest BCUT2D eigenvalue weighted by molar-refractivity contribution is -0.149. The average molecular weight is 617 g/mol. The molecule has 3 aliphatic rings. The summed E-state index contributed by atoms with van der Waals surface area (Å²) in [5, 5.41) is 9.64. The van der Waals surface area contributed by atoms with Crippen molar-refractivity contribution in [2.75, 3.05) is 19.8 Å². The molecule has 6 unspecified atom stereocenters. The Bertz CT molecular complexity index is 762. The lowest BCUT2D eigenvalue weighted by atomic mass is 9.48. The first-order valence-electron chi connectivity index (χ1n) is 19.5. The molecule has 3 rings (SSSR count). The Balaban J connectivity index is 1.05. The molecule has 0 aromatic heterocycles. The second-order valence-corrected chi connectivity index (χ2v) is 15.6. The molecule has 0 heterocycles. The average Bonchev–Trinajstić information content (AvgIpc) is 3.02. The molecule has 0 amide bonds. The second kappa shape index (κ2) is 22.6. The smallest absolute Gasteiger partial charge is 0.305 e. The molecular weight excluding hydrogens is 544 g/mol. The highest BCUT2D eigenvalue weighted by atomic mass is 16.6. The Morgan fingerprint density at radius 3 is 2.20 bits per heavy atom. The summed E-state index contributed by atoms with van der Waals surface area (Å²) in [6.45, 7) is 7.75. The largest absolute Gasteiger partial charge is 0.463 e. The van der Waals surface area contributed by atoms with Gasteiger partial charge in [-0.05, 0) is 80.0 Å². The van der Waals surface area contributed by atoms with E-state index in [0.717, 1.165) is 60.7 Å². The highest BCUT2D eigenvalue weighted by Crippen LogP contribution is 2.58. The Hall–Kier alpha value is -0.870. The first-order valence-corrected chi connectivity index (χ1v) is 19.5. The fourth-order valence-electron chi connectivity index (χ4n) is 8.63. The van der Waals surface area contributed by atoms with E-state index in [-0.39, 0.29) is 19.2 Å². The van der Waals surface area contributed by atoms with Gasteiger partial charge in [-0.15, -0.1) is 0 Å². The fourth-order valence-corrected chi connectivity index (χ4v) is 8.63. The minimum atomic E-state index is -0.392. The van der Waals surface area contributed by atoms with Gasteiger partial charge in [0.1, 0.15) is 12.7 Å². The van der Waals surface area contributed by atoms with Crippen molar-refractivity contribution >= 4 is 5.97 Å². The maximum Gasteiger partial charge on any atom is 0.305 e. The number of carbonyl (C=O) groups is 1. The van der Waals surface area contributed by atoms with Gasteiger partial charge in [-0.3, -0.25) is 4.79 Å². The van der Waals surface area contributed by atoms with Gasteiger partial charge < -0.3 is 14.6 Å². The van der Waals surface area contributed by atoms with Crippen LogP contribution in [0.4, 0.5) is 0 Å². The minimum absolute atomic E-state index is 0.0930. The lowest BCUT2D eigenvalue weighted by Crippen LogP contribution is -2.49. The molecule has 0 aromatic rings. The molecule has 0 aliphatic heterocycles. The summed E-state index contributed by atoms with van der Waals surface area (Å²) >= 11 is 0. The van der Waals surface area contributed by atoms with Crippen LogP contribution in [-0.2, 0) is 14.3 Å². The number of aliphatic hydroxyl groups is 1. The highest BCUT2D eigenvalue weighted by molar-refractivity contribution is 5.69. The molecular formula is C40H72O4. The Kier molecular flexibility index (Phi) is 19.3. The Morgan fingerprint density at radius 2 is 1.43 bits per heavy atom. The van der Waals surface area contributed by atoms with Crippen molar-refractivity contribution in [2.45, 2.75) is 175 Å². The number of hydrogen-bond acceptors (Lipinski definition) is 4. The number of ether oxygens (including phenoxy) is 2. The lowest BCUT2D eigenvalue weighted by Gasteiger charge is -2.57. The topological polar surface area (TPSA) is 55.8 Å². The number of rotatable bonds is 26. The van der Waals surface area contributed by atoms with Crippen LogP contribution in [-0.4, -0.2) is 37.0 Å². The molecule has 3 aliphatic carbocycles. The molecule has 0 saturated heterocycles. The van der Waals surface area contributed by atoms with Crippen LogP contribution in [0.2, 0.25) is 0 Å². The van der Waals surface area contributed by atoms with Crippen LogP contribution in [0.25, 0.3) is 0 Å². The molecule has 0 radical (unpaired) electrons. The molecule has 4 heteroatoms. The van der Waals surface area contributed by atoms with Gasteiger partial charge in [0.25, 0.3) is 0 Å². The number of hydrogen-bond donors (Lipinski definition) is 1. The van der Waals surface area contributed by atoms with Crippen LogP contribution >= 0.6 is 0 Å². The van der Waals surface area contributed by atoms with E-state index in [1.54, 1.807) is 0 Å². The van der Waals surface area contributed by atoms with Crippen LogP contribution in [0.1, 0.15) is 168 Å². The standard InChI is InChI=1S/C40H72O4/c1-32(2)19-14-15-21-33(3)20-11-7-6-9-13-25-40(42)44-31-35(30-41)43-28-18-10-5-4-8-12-22-34-26-27-38-36-23-16-17-24-37(36)39(38)29-34/h16,23,32-39,41H,4-15,17-22,24-31H2,1-3H3/t33?,34?,35-,36?,37?,38?,39?/m0/s1. The van der Waals surface area contributed by atoms with Gasteiger partial charge in [0, 0.05) is 13.0 Å². The number of allylic oxidation sites excluding steroid dienone is 2. The van der Waals surface area contributed by atoms with Crippen molar-refractivity contribution < 1.29 is 19.4 Å². The van der Waals surface area contributed by atoms with Crippen molar-refractivity contribution in [2.24, 2.45) is 41.4 Å². The number of carbonyl (C=O) groups excluding carboxylic acids is 1. The van der Waals surface area contributed by atoms with Gasteiger partial charge in [-0.1, -0.05) is 136 Å². The van der Waals surface area contributed by atoms with Gasteiger partial charge >= 0.3 is 5.97 Å². The Morgan fingerprint density at radius 1 is 0.773 bits per heavy atom. The van der Waals surface area contributed by atoms with Crippen molar-refractivity contribution in [3.05, 3.63) is 12.2 Å². The van der Waals surface area contributed by atoms with E-state index in [1.165, 1.54) is 122 Å². The van der Waals surface area contributed by atoms with E-state index in [2.05, 4.69) is 32.9 Å². The summed E-state index contributed by atoms with van der Waals surface area (Å²) < 4.78 is 11.2. The maximum atomic E-state index is 12.1.